The Bertz CT molecular complexity index is 616. The molecule has 2 aromatic heterocycles. The second kappa shape index (κ2) is 4.41. The standard InChI is InChI=1S/C15H17N3/c1-11-10-12(2)16-15-13(11)6-7-14(17-15)18-8-4-3-5-9-18/h3-4,6-7,10H,5,8-9H2,1-2H3. The Labute approximate surface area is 107 Å². The highest BCUT2D eigenvalue weighted by Gasteiger charge is 2.10. The van der Waals surface area contributed by atoms with Crippen molar-refractivity contribution in [2.24, 2.45) is 0 Å². The third kappa shape index (κ3) is 1.96. The Kier molecular flexibility index (Phi) is 2.74. The third-order valence-electron chi connectivity index (χ3n) is 3.38. The fourth-order valence-electron chi connectivity index (χ4n) is 2.45. The third-order valence-corrected chi connectivity index (χ3v) is 3.38. The van der Waals surface area contributed by atoms with Gasteiger partial charge in [0.2, 0.25) is 0 Å². The monoisotopic (exact) mass is 239 g/mol. The molecular formula is C15H17N3. The van der Waals surface area contributed by atoms with Gasteiger partial charge in [0.25, 0.3) is 0 Å². The summed E-state index contributed by atoms with van der Waals surface area (Å²) < 4.78 is 0. The molecule has 0 spiro atoms. The summed E-state index contributed by atoms with van der Waals surface area (Å²) in [4.78, 5) is 11.5. The van der Waals surface area contributed by atoms with Crippen molar-refractivity contribution in [3.63, 3.8) is 0 Å². The predicted octanol–water partition coefficient (Wildman–Crippen LogP) is 3.01. The van der Waals surface area contributed by atoms with Crippen LogP contribution in [-0.2, 0) is 0 Å². The molecule has 3 heterocycles. The van der Waals surface area contributed by atoms with E-state index >= 15 is 0 Å². The average molecular weight is 239 g/mol. The highest BCUT2D eigenvalue weighted by atomic mass is 15.2. The van der Waals surface area contributed by atoms with Crippen LogP contribution in [0.4, 0.5) is 5.82 Å². The maximum Gasteiger partial charge on any atom is 0.162 e. The van der Waals surface area contributed by atoms with Gasteiger partial charge in [-0.05, 0) is 44.0 Å². The van der Waals surface area contributed by atoms with E-state index in [1.54, 1.807) is 0 Å². The summed E-state index contributed by atoms with van der Waals surface area (Å²) in [6, 6.07) is 6.34. The minimum atomic E-state index is 0.861. The normalized spacial score (nSPS) is 15.3. The number of fused-ring (bicyclic) bond motifs is 1. The van der Waals surface area contributed by atoms with Gasteiger partial charge in [0, 0.05) is 24.2 Å². The van der Waals surface area contributed by atoms with Gasteiger partial charge in [-0.3, -0.25) is 0 Å². The van der Waals surface area contributed by atoms with Crippen LogP contribution >= 0.6 is 0 Å². The van der Waals surface area contributed by atoms with Crippen molar-refractivity contribution in [1.82, 2.24) is 9.97 Å². The quantitative estimate of drug-likeness (QED) is 0.716. The predicted molar refractivity (Wildman–Crippen MR) is 75.0 cm³/mol. The smallest absolute Gasteiger partial charge is 0.162 e. The summed E-state index contributed by atoms with van der Waals surface area (Å²) in [7, 11) is 0. The molecular weight excluding hydrogens is 222 g/mol. The lowest BCUT2D eigenvalue weighted by Gasteiger charge is -2.24. The molecule has 0 amide bonds. The molecule has 0 fully saturated rings. The Morgan fingerprint density at radius 3 is 2.78 bits per heavy atom. The Morgan fingerprint density at radius 2 is 2.00 bits per heavy atom. The van der Waals surface area contributed by atoms with E-state index in [0.29, 0.717) is 0 Å². The molecule has 0 atom stereocenters. The Hall–Kier alpha value is -1.90. The maximum absolute atomic E-state index is 4.70. The van der Waals surface area contributed by atoms with Gasteiger partial charge in [-0.2, -0.15) is 0 Å². The molecule has 0 aromatic carbocycles. The highest BCUT2D eigenvalue weighted by molar-refractivity contribution is 5.80. The van der Waals surface area contributed by atoms with Crippen molar-refractivity contribution in [2.75, 3.05) is 18.0 Å². The van der Waals surface area contributed by atoms with E-state index in [0.717, 1.165) is 42.1 Å². The van der Waals surface area contributed by atoms with E-state index in [-0.39, 0.29) is 0 Å². The van der Waals surface area contributed by atoms with Crippen molar-refractivity contribution in [1.29, 1.82) is 0 Å². The molecule has 0 aliphatic carbocycles. The number of hydrogen-bond acceptors (Lipinski definition) is 3. The summed E-state index contributed by atoms with van der Waals surface area (Å²) in [6.45, 7) is 6.12. The van der Waals surface area contributed by atoms with Gasteiger partial charge in [0.1, 0.15) is 5.82 Å². The van der Waals surface area contributed by atoms with Crippen LogP contribution < -0.4 is 4.90 Å². The minimum absolute atomic E-state index is 0.861. The van der Waals surface area contributed by atoms with E-state index in [9.17, 15) is 0 Å². The van der Waals surface area contributed by atoms with Crippen LogP contribution in [0.1, 0.15) is 17.7 Å². The zero-order chi connectivity index (χ0) is 12.5. The zero-order valence-electron chi connectivity index (χ0n) is 10.8. The fraction of sp³-hybridized carbons (Fsp3) is 0.333. The largest absolute Gasteiger partial charge is 0.353 e. The van der Waals surface area contributed by atoms with Gasteiger partial charge < -0.3 is 4.90 Å². The molecule has 0 radical (unpaired) electrons. The Morgan fingerprint density at radius 1 is 1.11 bits per heavy atom. The van der Waals surface area contributed by atoms with Gasteiger partial charge in [0.15, 0.2) is 5.65 Å². The first-order chi connectivity index (χ1) is 8.74. The van der Waals surface area contributed by atoms with Crippen molar-refractivity contribution in [3.05, 3.63) is 41.6 Å². The summed E-state index contributed by atoms with van der Waals surface area (Å²) in [5, 5.41) is 1.15. The lowest BCUT2D eigenvalue weighted by Crippen LogP contribution is -2.27. The number of pyridine rings is 2. The SMILES string of the molecule is Cc1cc(C)c2ccc(N3CC=CCC3)nc2n1. The van der Waals surface area contributed by atoms with Gasteiger partial charge >= 0.3 is 0 Å². The van der Waals surface area contributed by atoms with Crippen molar-refractivity contribution < 1.29 is 0 Å². The molecule has 0 saturated heterocycles. The number of anilines is 1. The van der Waals surface area contributed by atoms with E-state index in [2.05, 4.69) is 47.2 Å². The van der Waals surface area contributed by atoms with Gasteiger partial charge in [-0.15, -0.1) is 0 Å². The van der Waals surface area contributed by atoms with E-state index < -0.39 is 0 Å². The van der Waals surface area contributed by atoms with Gasteiger partial charge in [0.05, 0.1) is 0 Å². The van der Waals surface area contributed by atoms with Crippen molar-refractivity contribution in [3.8, 4) is 0 Å². The molecule has 18 heavy (non-hydrogen) atoms. The topological polar surface area (TPSA) is 29.0 Å². The van der Waals surface area contributed by atoms with Crippen LogP contribution in [0.5, 0.6) is 0 Å². The second-order valence-electron chi connectivity index (χ2n) is 4.83. The number of rotatable bonds is 1. The summed E-state index contributed by atoms with van der Waals surface area (Å²) in [6.07, 6.45) is 5.52. The van der Waals surface area contributed by atoms with Crippen LogP contribution in [-0.4, -0.2) is 23.1 Å². The lowest BCUT2D eigenvalue weighted by atomic mass is 10.1. The fourth-order valence-corrected chi connectivity index (χ4v) is 2.45. The lowest BCUT2D eigenvalue weighted by molar-refractivity contribution is 0.807. The van der Waals surface area contributed by atoms with Crippen LogP contribution in [0.25, 0.3) is 11.0 Å². The summed E-state index contributed by atoms with van der Waals surface area (Å²) in [5.41, 5.74) is 3.14. The van der Waals surface area contributed by atoms with Crippen LogP contribution in [0.2, 0.25) is 0 Å². The first-order valence-corrected chi connectivity index (χ1v) is 6.39. The summed E-state index contributed by atoms with van der Waals surface area (Å²) in [5.74, 6) is 1.03. The molecule has 3 heteroatoms. The number of aromatic nitrogens is 2. The van der Waals surface area contributed by atoms with E-state index in [4.69, 9.17) is 4.98 Å². The molecule has 0 bridgehead atoms. The van der Waals surface area contributed by atoms with E-state index in [1.165, 1.54) is 5.56 Å². The number of aryl methyl sites for hydroxylation is 2. The van der Waals surface area contributed by atoms with Crippen molar-refractivity contribution in [2.45, 2.75) is 20.3 Å². The molecule has 1 aliphatic rings. The molecule has 92 valence electrons. The number of nitrogens with zero attached hydrogens (tertiary/aromatic N) is 3. The average Bonchev–Trinajstić information content (AvgIpc) is 2.39. The molecule has 1 aliphatic heterocycles. The highest BCUT2D eigenvalue weighted by Crippen LogP contribution is 2.21. The van der Waals surface area contributed by atoms with Crippen LogP contribution in [0.15, 0.2) is 30.4 Å². The molecule has 2 aromatic rings. The summed E-state index contributed by atoms with van der Waals surface area (Å²) >= 11 is 0. The van der Waals surface area contributed by atoms with Crippen LogP contribution in [0.3, 0.4) is 0 Å². The van der Waals surface area contributed by atoms with Gasteiger partial charge in [-0.25, -0.2) is 9.97 Å². The van der Waals surface area contributed by atoms with Gasteiger partial charge in [-0.1, -0.05) is 12.2 Å². The second-order valence-corrected chi connectivity index (χ2v) is 4.83. The zero-order valence-corrected chi connectivity index (χ0v) is 10.8. The Balaban J connectivity index is 2.07. The van der Waals surface area contributed by atoms with Crippen LogP contribution in [0, 0.1) is 13.8 Å². The molecule has 0 saturated carbocycles. The first-order valence-electron chi connectivity index (χ1n) is 6.39. The molecule has 3 rings (SSSR count). The number of hydrogen-bond donors (Lipinski definition) is 0. The van der Waals surface area contributed by atoms with E-state index in [1.807, 2.05) is 6.92 Å². The maximum atomic E-state index is 4.70. The molecule has 0 N–H and O–H groups in total. The first kappa shape index (κ1) is 11.2. The van der Waals surface area contributed by atoms with Crippen molar-refractivity contribution >= 4 is 16.9 Å². The molecule has 3 nitrogen and oxygen atoms in total. The minimum Gasteiger partial charge on any atom is -0.353 e. The molecule has 0 unspecified atom stereocenters.